The zero-order valence-electron chi connectivity index (χ0n) is 17.1. The normalized spacial score (nSPS) is 16.8. The van der Waals surface area contributed by atoms with Crippen LogP contribution in [-0.4, -0.2) is 92.1 Å². The first kappa shape index (κ1) is 22.4. The van der Waals surface area contributed by atoms with E-state index in [2.05, 4.69) is 10.2 Å². The molecule has 0 unspecified atom stereocenters. The van der Waals surface area contributed by atoms with E-state index < -0.39 is 6.10 Å². The molecule has 0 radical (unpaired) electrons. The maximum Gasteiger partial charge on any atom is 0.233 e. The van der Waals surface area contributed by atoms with Crippen molar-refractivity contribution in [3.63, 3.8) is 0 Å². The maximum atomic E-state index is 11.6. The molecule has 1 amide bonds. The van der Waals surface area contributed by atoms with E-state index in [-0.39, 0.29) is 25.2 Å². The predicted octanol–water partition coefficient (Wildman–Crippen LogP) is 0.0694. The zero-order chi connectivity index (χ0) is 20.5. The largest absolute Gasteiger partial charge is 0.497 e. The molecule has 1 heterocycles. The van der Waals surface area contributed by atoms with E-state index in [1.165, 1.54) is 0 Å². The van der Waals surface area contributed by atoms with Gasteiger partial charge in [-0.2, -0.15) is 0 Å². The molecule has 1 aliphatic rings. The van der Waals surface area contributed by atoms with Gasteiger partial charge in [0.15, 0.2) is 0 Å². The summed E-state index contributed by atoms with van der Waals surface area (Å²) in [7, 11) is 5.08. The van der Waals surface area contributed by atoms with Crippen LogP contribution in [0.2, 0.25) is 0 Å². The third-order valence-corrected chi connectivity index (χ3v) is 4.86. The van der Waals surface area contributed by atoms with Crippen molar-refractivity contribution in [3.8, 4) is 11.5 Å². The van der Waals surface area contributed by atoms with Gasteiger partial charge in [0.05, 0.1) is 19.8 Å². The van der Waals surface area contributed by atoms with Gasteiger partial charge >= 0.3 is 0 Å². The molecule has 1 atom stereocenters. The molecule has 3 N–H and O–H groups in total. The molecule has 1 saturated heterocycles. The number of hydrogen-bond donors (Lipinski definition) is 3. The highest BCUT2D eigenvalue weighted by Gasteiger charge is 2.20. The molecule has 0 spiro atoms. The van der Waals surface area contributed by atoms with E-state index in [1.807, 2.05) is 30.1 Å². The summed E-state index contributed by atoms with van der Waals surface area (Å²) in [5.41, 5.74) is 0.888. The fourth-order valence-electron chi connectivity index (χ4n) is 3.26. The summed E-state index contributed by atoms with van der Waals surface area (Å²) in [4.78, 5) is 15.6. The van der Waals surface area contributed by atoms with Crippen molar-refractivity contribution in [1.29, 1.82) is 0 Å². The molecule has 2 rings (SSSR count). The number of likely N-dealkylation sites (N-methyl/N-ethyl adjacent to an activating group) is 2. The van der Waals surface area contributed by atoms with Crippen LogP contribution in [0.15, 0.2) is 18.2 Å². The second kappa shape index (κ2) is 11.2. The number of methoxy groups -OCH3 is 1. The van der Waals surface area contributed by atoms with Crippen LogP contribution in [0.3, 0.4) is 0 Å². The average molecular weight is 396 g/mol. The Labute approximate surface area is 167 Å². The van der Waals surface area contributed by atoms with Crippen molar-refractivity contribution < 1.29 is 24.5 Å². The zero-order valence-corrected chi connectivity index (χ0v) is 17.1. The van der Waals surface area contributed by atoms with E-state index in [9.17, 15) is 15.0 Å². The third kappa shape index (κ3) is 7.27. The lowest BCUT2D eigenvalue weighted by atomic mass is 10.1. The van der Waals surface area contributed by atoms with Crippen LogP contribution in [0, 0.1) is 0 Å². The predicted molar refractivity (Wildman–Crippen MR) is 107 cm³/mol. The summed E-state index contributed by atoms with van der Waals surface area (Å²) in [6, 6.07) is 5.52. The summed E-state index contributed by atoms with van der Waals surface area (Å²) in [6.45, 7) is 3.07. The first-order valence-corrected chi connectivity index (χ1v) is 9.68. The highest BCUT2D eigenvalue weighted by molar-refractivity contribution is 5.77. The summed E-state index contributed by atoms with van der Waals surface area (Å²) in [5.74, 6) is 1.32. The van der Waals surface area contributed by atoms with E-state index in [0.717, 1.165) is 31.5 Å². The minimum Gasteiger partial charge on any atom is -0.497 e. The number of ether oxygens (including phenoxy) is 2. The van der Waals surface area contributed by atoms with Crippen molar-refractivity contribution in [2.24, 2.45) is 0 Å². The number of aliphatic hydroxyl groups is 2. The maximum absolute atomic E-state index is 11.6. The Morgan fingerprint density at radius 2 is 2.11 bits per heavy atom. The summed E-state index contributed by atoms with van der Waals surface area (Å²) >= 11 is 0. The minimum atomic E-state index is -0.617. The van der Waals surface area contributed by atoms with Crippen LogP contribution in [0.25, 0.3) is 0 Å². The lowest BCUT2D eigenvalue weighted by Crippen LogP contribution is -2.41. The number of rotatable bonds is 10. The summed E-state index contributed by atoms with van der Waals surface area (Å²) < 4.78 is 11.2. The van der Waals surface area contributed by atoms with Gasteiger partial charge in [-0.3, -0.25) is 9.69 Å². The number of aliphatic hydroxyl groups excluding tert-OH is 2. The van der Waals surface area contributed by atoms with Gasteiger partial charge in [0.25, 0.3) is 0 Å². The highest BCUT2D eigenvalue weighted by atomic mass is 16.5. The summed E-state index contributed by atoms with van der Waals surface area (Å²) in [6.07, 6.45) is 0.647. The molecular weight excluding hydrogens is 362 g/mol. The van der Waals surface area contributed by atoms with Crippen LogP contribution < -0.4 is 14.8 Å². The molecule has 0 bridgehead atoms. The number of likely N-dealkylation sites (tertiary alicyclic amines) is 1. The Morgan fingerprint density at radius 1 is 1.39 bits per heavy atom. The molecule has 0 aromatic heterocycles. The van der Waals surface area contributed by atoms with Crippen LogP contribution >= 0.6 is 0 Å². The number of nitrogens with one attached hydrogen (secondary N) is 1. The minimum absolute atomic E-state index is 0.0602. The second-order valence-electron chi connectivity index (χ2n) is 7.32. The first-order chi connectivity index (χ1) is 13.4. The van der Waals surface area contributed by atoms with E-state index in [0.29, 0.717) is 24.6 Å². The SMILES string of the molecule is CNC(=O)CN(C)Cc1cc(OC)ccc1OC[C@@H](O)CN1CCC(O)CC1. The topological polar surface area (TPSA) is 94.5 Å². The quantitative estimate of drug-likeness (QED) is 0.516. The van der Waals surface area contributed by atoms with Gasteiger partial charge in [0.2, 0.25) is 5.91 Å². The molecule has 0 aliphatic carbocycles. The Bertz CT molecular complexity index is 620. The number of amides is 1. The van der Waals surface area contributed by atoms with Crippen molar-refractivity contribution in [2.75, 3.05) is 54.0 Å². The molecule has 0 saturated carbocycles. The monoisotopic (exact) mass is 395 g/mol. The van der Waals surface area contributed by atoms with E-state index in [4.69, 9.17) is 9.47 Å². The Kier molecular flexibility index (Phi) is 8.98. The van der Waals surface area contributed by atoms with Gasteiger partial charge in [-0.15, -0.1) is 0 Å². The number of β-amino-alcohol motifs (C(OH)–C–C–N with tert-alkyl or cyclic N) is 1. The molecular formula is C20H33N3O5. The van der Waals surface area contributed by atoms with Crippen molar-refractivity contribution in [2.45, 2.75) is 31.6 Å². The van der Waals surface area contributed by atoms with E-state index in [1.54, 1.807) is 14.2 Å². The van der Waals surface area contributed by atoms with Crippen molar-refractivity contribution >= 4 is 5.91 Å². The Hall–Kier alpha value is -1.87. The van der Waals surface area contributed by atoms with Gasteiger partial charge in [-0.25, -0.2) is 0 Å². The standard InChI is InChI=1S/C20H33N3O5/c1-21-20(26)13-22(2)11-15-10-18(27-3)4-5-19(15)28-14-17(25)12-23-8-6-16(24)7-9-23/h4-5,10,16-17,24-25H,6-9,11-14H2,1-3H3,(H,21,26)/t17-/m0/s1. The number of carbonyl (C=O) groups is 1. The van der Waals surface area contributed by atoms with Gasteiger partial charge in [0, 0.05) is 38.8 Å². The third-order valence-electron chi connectivity index (χ3n) is 4.86. The molecule has 1 fully saturated rings. The van der Waals surface area contributed by atoms with Gasteiger partial charge in [-0.05, 0) is 38.1 Å². The summed E-state index contributed by atoms with van der Waals surface area (Å²) in [5, 5.41) is 22.5. The first-order valence-electron chi connectivity index (χ1n) is 9.68. The van der Waals surface area contributed by atoms with Crippen LogP contribution in [0.1, 0.15) is 18.4 Å². The lowest BCUT2D eigenvalue weighted by Gasteiger charge is -2.31. The fraction of sp³-hybridized carbons (Fsp3) is 0.650. The van der Waals surface area contributed by atoms with Crippen LogP contribution in [-0.2, 0) is 11.3 Å². The lowest BCUT2D eigenvalue weighted by molar-refractivity contribution is -0.121. The number of benzene rings is 1. The van der Waals surface area contributed by atoms with Gasteiger partial charge < -0.3 is 29.9 Å². The molecule has 1 aromatic carbocycles. The highest BCUT2D eigenvalue weighted by Crippen LogP contribution is 2.25. The molecule has 8 nitrogen and oxygen atoms in total. The van der Waals surface area contributed by atoms with Crippen molar-refractivity contribution in [3.05, 3.63) is 23.8 Å². The van der Waals surface area contributed by atoms with Crippen molar-refractivity contribution in [1.82, 2.24) is 15.1 Å². The van der Waals surface area contributed by atoms with Crippen LogP contribution in [0.5, 0.6) is 11.5 Å². The number of carbonyl (C=O) groups excluding carboxylic acids is 1. The van der Waals surface area contributed by atoms with Gasteiger partial charge in [-0.1, -0.05) is 0 Å². The molecule has 1 aliphatic heterocycles. The molecule has 8 heteroatoms. The number of hydrogen-bond acceptors (Lipinski definition) is 7. The van der Waals surface area contributed by atoms with E-state index >= 15 is 0 Å². The van der Waals surface area contributed by atoms with Crippen LogP contribution in [0.4, 0.5) is 0 Å². The molecule has 28 heavy (non-hydrogen) atoms. The Balaban J connectivity index is 1.92. The average Bonchev–Trinajstić information content (AvgIpc) is 2.68. The molecule has 1 aromatic rings. The second-order valence-corrected chi connectivity index (χ2v) is 7.32. The fourth-order valence-corrected chi connectivity index (χ4v) is 3.26. The number of piperidine rings is 1. The smallest absolute Gasteiger partial charge is 0.233 e. The number of nitrogens with zero attached hydrogens (tertiary/aromatic N) is 2. The Morgan fingerprint density at radius 3 is 2.75 bits per heavy atom. The molecule has 158 valence electrons. The van der Waals surface area contributed by atoms with Gasteiger partial charge in [0.1, 0.15) is 24.2 Å².